The summed E-state index contributed by atoms with van der Waals surface area (Å²) in [6.45, 7) is 2.12. The lowest BCUT2D eigenvalue weighted by atomic mass is 9.89. The summed E-state index contributed by atoms with van der Waals surface area (Å²) < 4.78 is 4.25. The van der Waals surface area contributed by atoms with Gasteiger partial charge in [0.25, 0.3) is 0 Å². The molecule has 0 spiro atoms. The van der Waals surface area contributed by atoms with Gasteiger partial charge in [-0.2, -0.15) is 0 Å². The Morgan fingerprint density at radius 3 is 2.43 bits per heavy atom. The van der Waals surface area contributed by atoms with Gasteiger partial charge in [0.2, 0.25) is 0 Å². The van der Waals surface area contributed by atoms with Gasteiger partial charge >= 0.3 is 5.97 Å². The second kappa shape index (κ2) is 16.7. The number of allylic oxidation sites excluding steroid dienone is 2. The van der Waals surface area contributed by atoms with E-state index < -0.39 is 24.3 Å². The summed E-state index contributed by atoms with van der Waals surface area (Å²) >= 11 is 0. The van der Waals surface area contributed by atoms with Crippen molar-refractivity contribution in [3.05, 3.63) is 24.3 Å². The van der Waals surface area contributed by atoms with Crippen LogP contribution in [0.4, 0.5) is 0 Å². The molecule has 164 valence electrons. The number of carboxylic acids is 1. The second-order valence-electron chi connectivity index (χ2n) is 7.46. The van der Waals surface area contributed by atoms with Gasteiger partial charge in [0.15, 0.2) is 0 Å². The molecule has 28 heavy (non-hydrogen) atoms. The molecule has 0 radical (unpaired) electrons. The molecule has 1 rings (SSSR count). The molecule has 1 aliphatic rings. The van der Waals surface area contributed by atoms with E-state index >= 15 is 0 Å². The van der Waals surface area contributed by atoms with Crippen LogP contribution in [0.5, 0.6) is 0 Å². The molecule has 5 atom stereocenters. The third-order valence-corrected chi connectivity index (χ3v) is 4.91. The van der Waals surface area contributed by atoms with E-state index in [1.165, 1.54) is 0 Å². The molecule has 0 aromatic heterocycles. The minimum absolute atomic E-state index is 0.0650. The molecule has 0 aromatic rings. The van der Waals surface area contributed by atoms with E-state index in [1.54, 1.807) is 20.3 Å². The Morgan fingerprint density at radius 1 is 1.14 bits per heavy atom. The highest BCUT2D eigenvalue weighted by Crippen LogP contribution is 2.36. The van der Waals surface area contributed by atoms with Gasteiger partial charge in [0.05, 0.1) is 18.3 Å². The number of carboxylic acid groups (broad SMARTS) is 1. The molecule has 0 aromatic carbocycles. The SMILES string of the molecule is CCCCC[C@H](O)/C=C/[C@@H]1[C@@H](C/C=C\CCCC(=O)O)[C@@H](O)C[C@H]1O.COC. The van der Waals surface area contributed by atoms with E-state index in [-0.39, 0.29) is 18.3 Å². The first-order valence-electron chi connectivity index (χ1n) is 10.4. The van der Waals surface area contributed by atoms with Crippen molar-refractivity contribution in [3.8, 4) is 0 Å². The molecular formula is C22H40O6. The van der Waals surface area contributed by atoms with Crippen LogP contribution in [-0.2, 0) is 9.53 Å². The summed E-state index contributed by atoms with van der Waals surface area (Å²) in [5.74, 6) is -1.00. The first-order valence-corrected chi connectivity index (χ1v) is 10.4. The summed E-state index contributed by atoms with van der Waals surface area (Å²) in [4.78, 5) is 10.5. The average Bonchev–Trinajstić information content (AvgIpc) is 2.89. The monoisotopic (exact) mass is 400 g/mol. The zero-order valence-corrected chi connectivity index (χ0v) is 17.7. The fraction of sp³-hybridized carbons (Fsp3) is 0.773. The number of unbranched alkanes of at least 4 members (excludes halogenated alkanes) is 3. The molecule has 1 aliphatic carbocycles. The fourth-order valence-corrected chi connectivity index (χ4v) is 3.41. The molecule has 0 bridgehead atoms. The van der Waals surface area contributed by atoms with Crippen LogP contribution in [0.15, 0.2) is 24.3 Å². The Balaban J connectivity index is 0.00000227. The van der Waals surface area contributed by atoms with E-state index in [1.807, 2.05) is 18.2 Å². The highest BCUT2D eigenvalue weighted by Gasteiger charge is 2.39. The minimum Gasteiger partial charge on any atom is -0.481 e. The Bertz CT molecular complexity index is 448. The largest absolute Gasteiger partial charge is 0.481 e. The predicted molar refractivity (Wildman–Crippen MR) is 111 cm³/mol. The van der Waals surface area contributed by atoms with Gasteiger partial charge in [-0.05, 0) is 31.6 Å². The number of hydrogen-bond donors (Lipinski definition) is 4. The van der Waals surface area contributed by atoms with Gasteiger partial charge in [-0.15, -0.1) is 0 Å². The molecule has 4 N–H and O–H groups in total. The van der Waals surface area contributed by atoms with Crippen LogP contribution >= 0.6 is 0 Å². The Labute approximate surface area is 169 Å². The van der Waals surface area contributed by atoms with Crippen LogP contribution in [0.1, 0.15) is 64.7 Å². The lowest BCUT2D eigenvalue weighted by Crippen LogP contribution is -2.20. The normalized spacial score (nSPS) is 25.8. The number of hydrogen-bond acceptors (Lipinski definition) is 5. The van der Waals surface area contributed by atoms with Gasteiger partial charge in [-0.25, -0.2) is 0 Å². The van der Waals surface area contributed by atoms with Gasteiger partial charge in [-0.1, -0.05) is 50.5 Å². The van der Waals surface area contributed by atoms with Crippen LogP contribution in [0.2, 0.25) is 0 Å². The van der Waals surface area contributed by atoms with Crippen molar-refractivity contribution in [2.24, 2.45) is 11.8 Å². The number of methoxy groups -OCH3 is 1. The van der Waals surface area contributed by atoms with Crippen molar-refractivity contribution in [2.45, 2.75) is 83.0 Å². The topological polar surface area (TPSA) is 107 Å². The van der Waals surface area contributed by atoms with Crippen LogP contribution in [-0.4, -0.2) is 58.9 Å². The van der Waals surface area contributed by atoms with Gasteiger partial charge in [-0.3, -0.25) is 4.79 Å². The lowest BCUT2D eigenvalue weighted by Gasteiger charge is -2.19. The molecule has 0 aliphatic heterocycles. The molecule has 0 amide bonds. The van der Waals surface area contributed by atoms with Crippen LogP contribution < -0.4 is 0 Å². The van der Waals surface area contributed by atoms with E-state index in [2.05, 4.69) is 11.7 Å². The number of rotatable bonds is 12. The number of aliphatic carboxylic acids is 1. The number of aliphatic hydroxyl groups excluding tert-OH is 3. The fourth-order valence-electron chi connectivity index (χ4n) is 3.41. The Kier molecular flexibility index (Phi) is 16.0. The summed E-state index contributed by atoms with van der Waals surface area (Å²) in [5, 5.41) is 39.0. The van der Waals surface area contributed by atoms with Crippen molar-refractivity contribution in [2.75, 3.05) is 14.2 Å². The highest BCUT2D eigenvalue weighted by atomic mass is 16.4. The summed E-state index contributed by atoms with van der Waals surface area (Å²) in [7, 11) is 3.25. The van der Waals surface area contributed by atoms with E-state index in [9.17, 15) is 20.1 Å². The third-order valence-electron chi connectivity index (χ3n) is 4.91. The lowest BCUT2D eigenvalue weighted by molar-refractivity contribution is -0.137. The maximum absolute atomic E-state index is 10.5. The summed E-state index contributed by atoms with van der Waals surface area (Å²) in [6.07, 6.45) is 12.3. The van der Waals surface area contributed by atoms with Gasteiger partial charge in [0, 0.05) is 33.0 Å². The van der Waals surface area contributed by atoms with Crippen molar-refractivity contribution < 1.29 is 30.0 Å². The average molecular weight is 401 g/mol. The third kappa shape index (κ3) is 12.3. The maximum atomic E-state index is 10.5. The smallest absolute Gasteiger partial charge is 0.303 e. The van der Waals surface area contributed by atoms with Crippen LogP contribution in [0.25, 0.3) is 0 Å². The maximum Gasteiger partial charge on any atom is 0.303 e. The van der Waals surface area contributed by atoms with Gasteiger partial charge < -0.3 is 25.2 Å². The van der Waals surface area contributed by atoms with Crippen molar-refractivity contribution in [3.63, 3.8) is 0 Å². The van der Waals surface area contributed by atoms with E-state index in [0.29, 0.717) is 25.7 Å². The number of ether oxygens (including phenoxy) is 1. The Morgan fingerprint density at radius 2 is 1.82 bits per heavy atom. The quantitative estimate of drug-likeness (QED) is 0.296. The van der Waals surface area contributed by atoms with E-state index in [4.69, 9.17) is 5.11 Å². The molecule has 0 unspecified atom stereocenters. The standard InChI is InChI=1S/C20H34O5.C2H6O/c1-2-3-6-9-15(21)12-13-17-16(18(22)14-19(17)23)10-7-4-5-8-11-20(24)25;1-3-2/h4,7,12-13,15-19,21-23H,2-3,5-6,8-11,14H2,1H3,(H,24,25);1-2H3/b7-4-,13-12+;/t15-,16+,17+,18-,19+;/m0./s1. The second-order valence-corrected chi connectivity index (χ2v) is 7.46. The van der Waals surface area contributed by atoms with Crippen molar-refractivity contribution >= 4 is 5.97 Å². The van der Waals surface area contributed by atoms with Crippen molar-refractivity contribution in [1.29, 1.82) is 0 Å². The zero-order valence-electron chi connectivity index (χ0n) is 17.7. The molecule has 1 fully saturated rings. The number of aliphatic hydroxyl groups is 3. The minimum atomic E-state index is -0.787. The zero-order chi connectivity index (χ0) is 21.4. The Hall–Kier alpha value is -1.21. The molecule has 6 nitrogen and oxygen atoms in total. The van der Waals surface area contributed by atoms with Gasteiger partial charge in [0.1, 0.15) is 0 Å². The highest BCUT2D eigenvalue weighted by molar-refractivity contribution is 5.66. The van der Waals surface area contributed by atoms with Crippen molar-refractivity contribution in [1.82, 2.24) is 0 Å². The predicted octanol–water partition coefficient (Wildman–Crippen LogP) is 3.31. The van der Waals surface area contributed by atoms with Crippen LogP contribution in [0, 0.1) is 11.8 Å². The summed E-state index contributed by atoms with van der Waals surface area (Å²) in [6, 6.07) is 0. The molecule has 1 saturated carbocycles. The molecular weight excluding hydrogens is 360 g/mol. The number of carbonyl (C=O) groups is 1. The summed E-state index contributed by atoms with van der Waals surface area (Å²) in [5.41, 5.74) is 0. The molecule has 6 heteroatoms. The molecule has 0 heterocycles. The molecule has 0 saturated heterocycles. The van der Waals surface area contributed by atoms with Crippen LogP contribution in [0.3, 0.4) is 0 Å². The first kappa shape index (κ1) is 26.8. The van der Waals surface area contributed by atoms with E-state index in [0.717, 1.165) is 25.7 Å². The first-order chi connectivity index (χ1) is 13.4.